The molecule has 178 valence electrons. The quantitative estimate of drug-likeness (QED) is 0.240. The van der Waals surface area contributed by atoms with Gasteiger partial charge in [-0.1, -0.05) is 51.3 Å². The molecule has 34 heavy (non-hydrogen) atoms. The van der Waals surface area contributed by atoms with Crippen molar-refractivity contribution < 1.29 is 19.1 Å². The van der Waals surface area contributed by atoms with Crippen molar-refractivity contribution in [3.8, 4) is 11.5 Å². The lowest BCUT2D eigenvalue weighted by Crippen LogP contribution is -2.51. The third kappa shape index (κ3) is 7.19. The summed E-state index contributed by atoms with van der Waals surface area (Å²) in [5, 5.41) is 4.97. The van der Waals surface area contributed by atoms with E-state index < -0.39 is 17.9 Å². The van der Waals surface area contributed by atoms with Crippen molar-refractivity contribution >= 4 is 95.0 Å². The first-order chi connectivity index (χ1) is 16.1. The van der Waals surface area contributed by atoms with Gasteiger partial charge in [0.25, 0.3) is 11.8 Å². The van der Waals surface area contributed by atoms with Crippen LogP contribution in [0.2, 0.25) is 10.0 Å². The summed E-state index contributed by atoms with van der Waals surface area (Å²) in [6.45, 7) is 1.24. The summed E-state index contributed by atoms with van der Waals surface area (Å²) in [6.07, 6.45) is -0.914. The molecule has 7 nitrogen and oxygen atoms in total. The number of rotatable bonds is 6. The molecule has 12 heteroatoms. The molecule has 0 aliphatic rings. The lowest BCUT2D eigenvalue weighted by atomic mass is 10.1. The summed E-state index contributed by atoms with van der Waals surface area (Å²) in [5.74, 6) is -0.240. The van der Waals surface area contributed by atoms with Gasteiger partial charge in [0.05, 0.1) is 9.50 Å². The minimum atomic E-state index is -0.914. The smallest absolute Gasteiger partial charge is 0.276 e. The van der Waals surface area contributed by atoms with E-state index >= 15 is 0 Å². The standard InChI is InChI=1S/C22H17Br2Cl2N3O4S/c1-11(33-17-7-4-14(25)9-16(17)26)21(31)27-22(34)29-28-19(30)10-32-18-6-2-12-8-13(23)3-5-15(12)20(18)24/h2-9,11H,10H2,1H3,(H,28,30)(H2,27,29,31,34). The number of carbonyl (C=O) groups is 2. The molecule has 0 aliphatic carbocycles. The minimum Gasteiger partial charge on any atom is -0.483 e. The molecule has 0 saturated carbocycles. The van der Waals surface area contributed by atoms with Crippen molar-refractivity contribution in [1.82, 2.24) is 16.2 Å². The first-order valence-electron chi connectivity index (χ1n) is 9.66. The van der Waals surface area contributed by atoms with Gasteiger partial charge >= 0.3 is 0 Å². The van der Waals surface area contributed by atoms with E-state index in [1.165, 1.54) is 13.0 Å². The van der Waals surface area contributed by atoms with Crippen LogP contribution in [0.3, 0.4) is 0 Å². The number of halogens is 4. The highest BCUT2D eigenvalue weighted by atomic mass is 79.9. The van der Waals surface area contributed by atoms with Gasteiger partial charge < -0.3 is 9.47 Å². The summed E-state index contributed by atoms with van der Waals surface area (Å²) < 4.78 is 12.8. The summed E-state index contributed by atoms with van der Waals surface area (Å²) in [7, 11) is 0. The maximum absolute atomic E-state index is 12.3. The number of hydrogen-bond acceptors (Lipinski definition) is 5. The summed E-state index contributed by atoms with van der Waals surface area (Å²) >= 11 is 23.9. The highest BCUT2D eigenvalue weighted by Crippen LogP contribution is 2.34. The average molecular weight is 650 g/mol. The molecule has 0 fully saturated rings. The second-order valence-electron chi connectivity index (χ2n) is 6.86. The van der Waals surface area contributed by atoms with E-state index in [1.807, 2.05) is 24.3 Å². The minimum absolute atomic E-state index is 0.117. The SMILES string of the molecule is CC(Oc1ccc(Cl)cc1Cl)C(=O)NC(=S)NNC(=O)COc1ccc2cc(Br)ccc2c1Br. The number of ether oxygens (including phenoxy) is 2. The Kier molecular flexibility index (Phi) is 9.38. The number of thiocarbonyl (C=S) groups is 1. The molecule has 3 aromatic carbocycles. The molecule has 3 rings (SSSR count). The van der Waals surface area contributed by atoms with E-state index in [4.69, 9.17) is 44.9 Å². The van der Waals surface area contributed by atoms with Gasteiger partial charge in [0.1, 0.15) is 11.5 Å². The zero-order valence-electron chi connectivity index (χ0n) is 17.5. The molecule has 0 spiro atoms. The van der Waals surface area contributed by atoms with Gasteiger partial charge in [0, 0.05) is 9.50 Å². The zero-order valence-corrected chi connectivity index (χ0v) is 23.0. The molecule has 0 bridgehead atoms. The van der Waals surface area contributed by atoms with Crippen LogP contribution in [-0.4, -0.2) is 29.6 Å². The second kappa shape index (κ2) is 12.0. The monoisotopic (exact) mass is 647 g/mol. The average Bonchev–Trinajstić information content (AvgIpc) is 2.79. The number of hydrazine groups is 1. The molecule has 0 aromatic heterocycles. The van der Waals surface area contributed by atoms with Gasteiger partial charge in [-0.05, 0) is 82.2 Å². The van der Waals surface area contributed by atoms with Crippen LogP contribution in [0.4, 0.5) is 0 Å². The van der Waals surface area contributed by atoms with Crippen LogP contribution in [0.15, 0.2) is 57.5 Å². The molecule has 3 N–H and O–H groups in total. The van der Waals surface area contributed by atoms with Gasteiger partial charge in [-0.15, -0.1) is 0 Å². The first-order valence-corrected chi connectivity index (χ1v) is 12.4. The molecule has 0 heterocycles. The Morgan fingerprint density at radius 2 is 1.76 bits per heavy atom. The predicted octanol–water partition coefficient (Wildman–Crippen LogP) is 5.54. The van der Waals surface area contributed by atoms with E-state index in [0.29, 0.717) is 16.5 Å². The van der Waals surface area contributed by atoms with E-state index in [2.05, 4.69) is 48.0 Å². The third-order valence-corrected chi connectivity index (χ3v) is 6.40. The predicted molar refractivity (Wildman–Crippen MR) is 143 cm³/mol. The molecule has 2 amide bonds. The number of benzene rings is 3. The first kappa shape index (κ1) is 26.5. The maximum Gasteiger partial charge on any atom is 0.276 e. The number of hydrogen-bond donors (Lipinski definition) is 3. The number of amides is 2. The highest BCUT2D eigenvalue weighted by molar-refractivity contribution is 9.11. The van der Waals surface area contributed by atoms with Crippen LogP contribution >= 0.6 is 67.3 Å². The molecular weight excluding hydrogens is 633 g/mol. The lowest BCUT2D eigenvalue weighted by Gasteiger charge is -2.17. The van der Waals surface area contributed by atoms with Gasteiger partial charge in [-0.2, -0.15) is 0 Å². The topological polar surface area (TPSA) is 88.7 Å². The molecule has 0 aliphatic heterocycles. The molecule has 0 radical (unpaired) electrons. The van der Waals surface area contributed by atoms with Crippen LogP contribution in [0.25, 0.3) is 10.8 Å². The zero-order chi connectivity index (χ0) is 24.8. The normalized spacial score (nSPS) is 11.4. The molecule has 1 unspecified atom stereocenters. The van der Waals surface area contributed by atoms with Crippen molar-refractivity contribution in [2.24, 2.45) is 0 Å². The number of carbonyl (C=O) groups excluding carboxylic acids is 2. The Bertz CT molecular complexity index is 1260. The summed E-state index contributed by atoms with van der Waals surface area (Å²) in [4.78, 5) is 24.4. The van der Waals surface area contributed by atoms with Crippen molar-refractivity contribution in [3.05, 3.63) is 67.5 Å². The second-order valence-corrected chi connectivity index (χ2v) is 9.82. The van der Waals surface area contributed by atoms with Crippen molar-refractivity contribution in [1.29, 1.82) is 0 Å². The van der Waals surface area contributed by atoms with E-state index in [9.17, 15) is 9.59 Å². The summed E-state index contributed by atoms with van der Waals surface area (Å²) in [5.41, 5.74) is 4.80. The summed E-state index contributed by atoms with van der Waals surface area (Å²) in [6, 6.07) is 14.1. The Morgan fingerprint density at radius 3 is 2.50 bits per heavy atom. The molecule has 3 aromatic rings. The lowest BCUT2D eigenvalue weighted by molar-refractivity contribution is -0.126. The Labute approximate surface area is 227 Å². The van der Waals surface area contributed by atoms with Gasteiger partial charge in [0.15, 0.2) is 17.8 Å². The maximum atomic E-state index is 12.3. The fraction of sp³-hybridized carbons (Fsp3) is 0.136. The van der Waals surface area contributed by atoms with E-state index in [-0.39, 0.29) is 16.7 Å². The van der Waals surface area contributed by atoms with Crippen LogP contribution in [0.5, 0.6) is 11.5 Å². The molecule has 1 atom stereocenters. The Morgan fingerprint density at radius 1 is 1.03 bits per heavy atom. The van der Waals surface area contributed by atoms with Crippen molar-refractivity contribution in [2.75, 3.05) is 6.61 Å². The molecule has 0 saturated heterocycles. The fourth-order valence-corrected chi connectivity index (χ4v) is 4.31. The van der Waals surface area contributed by atoms with Crippen LogP contribution < -0.4 is 25.6 Å². The fourth-order valence-electron chi connectivity index (χ4n) is 2.72. The van der Waals surface area contributed by atoms with Crippen LogP contribution in [0, 0.1) is 0 Å². The van der Waals surface area contributed by atoms with Crippen LogP contribution in [-0.2, 0) is 9.59 Å². The Balaban J connectivity index is 1.45. The third-order valence-electron chi connectivity index (χ3n) is 4.36. The van der Waals surface area contributed by atoms with E-state index in [1.54, 1.807) is 18.2 Å². The Hall–Kier alpha value is -2.11. The molecular formula is C22H17Br2Cl2N3O4S. The number of nitrogens with one attached hydrogen (secondary N) is 3. The van der Waals surface area contributed by atoms with Gasteiger partial charge in [0.2, 0.25) is 0 Å². The largest absolute Gasteiger partial charge is 0.483 e. The number of fused-ring (bicyclic) bond motifs is 1. The van der Waals surface area contributed by atoms with Gasteiger partial charge in [-0.25, -0.2) is 0 Å². The van der Waals surface area contributed by atoms with E-state index in [0.717, 1.165) is 19.7 Å². The van der Waals surface area contributed by atoms with Crippen molar-refractivity contribution in [2.45, 2.75) is 13.0 Å². The van der Waals surface area contributed by atoms with Crippen molar-refractivity contribution in [3.63, 3.8) is 0 Å². The van der Waals surface area contributed by atoms with Crippen LogP contribution in [0.1, 0.15) is 6.92 Å². The highest BCUT2D eigenvalue weighted by Gasteiger charge is 2.18. The van der Waals surface area contributed by atoms with Gasteiger partial charge in [-0.3, -0.25) is 25.8 Å².